The molecule has 3 amide bonds. The third kappa shape index (κ3) is 5.89. The van der Waals surface area contributed by atoms with E-state index in [4.69, 9.17) is 16.3 Å². The number of amides is 3. The molecule has 1 aliphatic carbocycles. The molecule has 176 valence electrons. The van der Waals surface area contributed by atoms with Gasteiger partial charge >= 0.3 is 0 Å². The maximum absolute atomic E-state index is 13.4. The zero-order valence-corrected chi connectivity index (χ0v) is 18.7. The van der Waals surface area contributed by atoms with Gasteiger partial charge in [0.1, 0.15) is 23.8 Å². The number of hydrogen-bond acceptors (Lipinski definition) is 7. The van der Waals surface area contributed by atoms with Crippen LogP contribution in [0.15, 0.2) is 33.6 Å². The van der Waals surface area contributed by atoms with Crippen molar-refractivity contribution in [3.05, 3.63) is 28.7 Å². The average molecular weight is 500 g/mol. The number of alkyl halides is 2. The fourth-order valence-corrected chi connectivity index (χ4v) is 4.93. The summed E-state index contributed by atoms with van der Waals surface area (Å²) < 4.78 is 55.3. The molecule has 13 heteroatoms. The van der Waals surface area contributed by atoms with Gasteiger partial charge in [0.05, 0.1) is 4.91 Å². The van der Waals surface area contributed by atoms with Gasteiger partial charge in [-0.1, -0.05) is 11.5 Å². The summed E-state index contributed by atoms with van der Waals surface area (Å²) in [7, 11) is -4.13. The SMILES string of the molecule is C#CCOc1cc(NC(=O)CN2C(=O)SC(=C3CCC(F)(F)CC3)C2=O)ccc1S(N)(=O)=O. The predicted octanol–water partition coefficient (Wildman–Crippen LogP) is 2.44. The van der Waals surface area contributed by atoms with Gasteiger partial charge in [0.15, 0.2) is 0 Å². The van der Waals surface area contributed by atoms with Crippen LogP contribution in [0.4, 0.5) is 19.3 Å². The Morgan fingerprint density at radius 1 is 1.30 bits per heavy atom. The Bertz CT molecular complexity index is 1180. The van der Waals surface area contributed by atoms with Crippen LogP contribution in [-0.4, -0.2) is 49.4 Å². The number of nitrogens with one attached hydrogen (secondary N) is 1. The number of carbonyl (C=O) groups excluding carboxylic acids is 3. The second kappa shape index (κ2) is 9.50. The number of rotatable bonds is 6. The highest BCUT2D eigenvalue weighted by Gasteiger charge is 2.41. The van der Waals surface area contributed by atoms with E-state index >= 15 is 0 Å². The molecule has 0 spiro atoms. The Morgan fingerprint density at radius 2 is 1.97 bits per heavy atom. The average Bonchev–Trinajstić information content (AvgIpc) is 2.99. The molecule has 0 radical (unpaired) electrons. The van der Waals surface area contributed by atoms with Crippen molar-refractivity contribution >= 4 is 44.5 Å². The molecular formula is C20H19F2N3O6S2. The van der Waals surface area contributed by atoms with Gasteiger partial charge in [0, 0.05) is 24.6 Å². The molecule has 1 saturated heterocycles. The van der Waals surface area contributed by atoms with Crippen LogP contribution in [0.3, 0.4) is 0 Å². The number of sulfonamides is 1. The van der Waals surface area contributed by atoms with Crippen LogP contribution >= 0.6 is 11.8 Å². The number of thioether (sulfide) groups is 1. The minimum atomic E-state index is -4.13. The summed E-state index contributed by atoms with van der Waals surface area (Å²) in [6.07, 6.45) is 4.33. The third-order valence-electron chi connectivity index (χ3n) is 4.90. The number of hydrogen-bond donors (Lipinski definition) is 2. The van der Waals surface area contributed by atoms with Crippen molar-refractivity contribution in [2.45, 2.75) is 36.5 Å². The van der Waals surface area contributed by atoms with Gasteiger partial charge in [-0.2, -0.15) is 0 Å². The number of anilines is 1. The summed E-state index contributed by atoms with van der Waals surface area (Å²) in [6, 6.07) is 3.55. The smallest absolute Gasteiger partial charge is 0.294 e. The third-order valence-corrected chi connectivity index (χ3v) is 6.91. The molecule has 1 aromatic carbocycles. The van der Waals surface area contributed by atoms with Crippen molar-refractivity contribution in [1.82, 2.24) is 4.90 Å². The number of nitrogens with zero attached hydrogens (tertiary/aromatic N) is 1. The van der Waals surface area contributed by atoms with Gasteiger partial charge in [0.2, 0.25) is 21.9 Å². The number of carbonyl (C=O) groups is 3. The normalized spacial score (nSPS) is 18.3. The zero-order chi connectivity index (χ0) is 24.4. The fourth-order valence-electron chi connectivity index (χ4n) is 3.29. The van der Waals surface area contributed by atoms with Crippen LogP contribution < -0.4 is 15.2 Å². The van der Waals surface area contributed by atoms with Crippen molar-refractivity contribution < 1.29 is 36.3 Å². The minimum Gasteiger partial charge on any atom is -0.479 e. The predicted molar refractivity (Wildman–Crippen MR) is 116 cm³/mol. The van der Waals surface area contributed by atoms with Crippen LogP contribution in [-0.2, 0) is 19.6 Å². The number of ether oxygens (including phenoxy) is 1. The molecule has 1 heterocycles. The van der Waals surface area contributed by atoms with Crippen molar-refractivity contribution in [2.75, 3.05) is 18.5 Å². The Morgan fingerprint density at radius 3 is 2.58 bits per heavy atom. The quantitative estimate of drug-likeness (QED) is 0.453. The molecular weight excluding hydrogens is 480 g/mol. The summed E-state index contributed by atoms with van der Waals surface area (Å²) in [6.45, 7) is -0.869. The van der Waals surface area contributed by atoms with E-state index < -0.39 is 52.4 Å². The Balaban J connectivity index is 1.71. The van der Waals surface area contributed by atoms with E-state index in [9.17, 15) is 31.6 Å². The summed E-state index contributed by atoms with van der Waals surface area (Å²) in [5, 5.41) is 6.88. The molecule has 2 fully saturated rings. The molecule has 9 nitrogen and oxygen atoms in total. The molecule has 1 saturated carbocycles. The first-order chi connectivity index (χ1) is 15.4. The summed E-state index contributed by atoms with van der Waals surface area (Å²) in [5.74, 6) is -2.25. The molecule has 2 aliphatic rings. The largest absolute Gasteiger partial charge is 0.479 e. The highest BCUT2D eigenvalue weighted by atomic mass is 32.2. The highest BCUT2D eigenvalue weighted by molar-refractivity contribution is 8.18. The number of halogens is 2. The Hall–Kier alpha value is -2.95. The first kappa shape index (κ1) is 24.7. The lowest BCUT2D eigenvalue weighted by atomic mass is 9.91. The van der Waals surface area contributed by atoms with Gasteiger partial charge in [-0.25, -0.2) is 22.3 Å². The Kier molecular flexibility index (Phi) is 7.11. The van der Waals surface area contributed by atoms with Crippen LogP contribution in [0.25, 0.3) is 0 Å². The van der Waals surface area contributed by atoms with Gasteiger partial charge in [-0.15, -0.1) is 6.42 Å². The number of terminal acetylenes is 1. The summed E-state index contributed by atoms with van der Waals surface area (Å²) in [4.78, 5) is 37.8. The van der Waals surface area contributed by atoms with Crippen LogP contribution in [0.1, 0.15) is 25.7 Å². The van der Waals surface area contributed by atoms with E-state index in [1.165, 1.54) is 12.1 Å². The second-order valence-electron chi connectivity index (χ2n) is 7.30. The lowest BCUT2D eigenvalue weighted by molar-refractivity contribution is -0.127. The molecule has 33 heavy (non-hydrogen) atoms. The fraction of sp³-hybridized carbons (Fsp3) is 0.350. The van der Waals surface area contributed by atoms with Crippen molar-refractivity contribution in [3.8, 4) is 18.1 Å². The molecule has 0 atom stereocenters. The molecule has 3 N–H and O–H groups in total. The van der Waals surface area contributed by atoms with E-state index in [-0.39, 0.29) is 40.7 Å². The number of nitrogens with two attached hydrogens (primary N) is 1. The molecule has 3 rings (SSSR count). The number of benzene rings is 1. The van der Waals surface area contributed by atoms with E-state index in [0.717, 1.165) is 11.0 Å². The van der Waals surface area contributed by atoms with E-state index in [0.29, 0.717) is 17.3 Å². The molecule has 0 aromatic heterocycles. The molecule has 1 aliphatic heterocycles. The Labute approximate surface area is 192 Å². The van der Waals surface area contributed by atoms with Crippen LogP contribution in [0.2, 0.25) is 0 Å². The van der Waals surface area contributed by atoms with Crippen molar-refractivity contribution in [2.24, 2.45) is 5.14 Å². The zero-order valence-electron chi connectivity index (χ0n) is 17.1. The molecule has 0 unspecified atom stereocenters. The number of allylic oxidation sites excluding steroid dienone is 1. The second-order valence-corrected chi connectivity index (χ2v) is 9.79. The first-order valence-electron chi connectivity index (χ1n) is 9.58. The van der Waals surface area contributed by atoms with E-state index in [2.05, 4.69) is 11.2 Å². The maximum atomic E-state index is 13.4. The lowest BCUT2D eigenvalue weighted by Gasteiger charge is -2.24. The van der Waals surface area contributed by atoms with Gasteiger partial charge in [0.25, 0.3) is 11.1 Å². The summed E-state index contributed by atoms with van der Waals surface area (Å²) >= 11 is 0.626. The van der Waals surface area contributed by atoms with Crippen LogP contribution in [0.5, 0.6) is 5.75 Å². The van der Waals surface area contributed by atoms with Crippen molar-refractivity contribution in [3.63, 3.8) is 0 Å². The standard InChI is InChI=1S/C20H19F2N3O6S2/c1-2-9-31-14-10-13(3-4-15(14)33(23,29)30)24-16(26)11-25-18(27)17(32-19(25)28)12-5-7-20(21,22)8-6-12/h1,3-4,10H,5-9,11H2,(H,24,26)(H2,23,29,30). The molecule has 1 aromatic rings. The molecule has 0 bridgehead atoms. The minimum absolute atomic E-state index is 0.00518. The summed E-state index contributed by atoms with van der Waals surface area (Å²) in [5.41, 5.74) is 0.598. The lowest BCUT2D eigenvalue weighted by Crippen LogP contribution is -2.36. The van der Waals surface area contributed by atoms with Crippen LogP contribution in [0, 0.1) is 12.3 Å². The van der Waals surface area contributed by atoms with Gasteiger partial charge in [-0.3, -0.25) is 19.3 Å². The van der Waals surface area contributed by atoms with Crippen molar-refractivity contribution in [1.29, 1.82) is 0 Å². The van der Waals surface area contributed by atoms with Gasteiger partial charge in [-0.05, 0) is 36.7 Å². The monoisotopic (exact) mass is 499 g/mol. The van der Waals surface area contributed by atoms with E-state index in [1.54, 1.807) is 0 Å². The van der Waals surface area contributed by atoms with Gasteiger partial charge < -0.3 is 10.1 Å². The topological polar surface area (TPSA) is 136 Å². The highest BCUT2D eigenvalue weighted by Crippen LogP contribution is 2.42. The first-order valence-corrected chi connectivity index (χ1v) is 11.9. The number of imide groups is 1. The van der Waals surface area contributed by atoms with E-state index in [1.807, 2.05) is 0 Å². The maximum Gasteiger partial charge on any atom is 0.294 e. The number of primary sulfonamides is 1.